The number of benzene rings is 2. The van der Waals surface area contributed by atoms with Gasteiger partial charge in [-0.15, -0.1) is 0 Å². The van der Waals surface area contributed by atoms with Crippen LogP contribution in [0.4, 0.5) is 4.39 Å². The molecule has 5 heteroatoms. The summed E-state index contributed by atoms with van der Waals surface area (Å²) in [5.41, 5.74) is 5.19. The van der Waals surface area contributed by atoms with Crippen LogP contribution in [0.15, 0.2) is 36.4 Å². The predicted octanol–water partition coefficient (Wildman–Crippen LogP) is 3.54. The van der Waals surface area contributed by atoms with Crippen molar-refractivity contribution in [1.29, 1.82) is 0 Å². The van der Waals surface area contributed by atoms with Gasteiger partial charge >= 0.3 is 0 Å². The lowest BCUT2D eigenvalue weighted by molar-refractivity contribution is -0.304. The molecular formula is C17H12Br2FO2-. The quantitative estimate of drug-likeness (QED) is 0.704. The Bertz CT molecular complexity index is 745. The highest BCUT2D eigenvalue weighted by Gasteiger charge is 2.22. The van der Waals surface area contributed by atoms with Gasteiger partial charge in [0.05, 0.1) is 15.6 Å². The lowest BCUT2D eigenvalue weighted by atomic mass is 9.84. The number of carbonyl (C=O) groups is 1. The van der Waals surface area contributed by atoms with Gasteiger partial charge in [-0.1, -0.05) is 56.1 Å². The van der Waals surface area contributed by atoms with Crippen LogP contribution >= 0.6 is 31.9 Å². The van der Waals surface area contributed by atoms with Gasteiger partial charge < -0.3 is 9.90 Å². The third-order valence-electron chi connectivity index (χ3n) is 3.95. The normalized spacial score (nSPS) is 15.6. The van der Waals surface area contributed by atoms with Crippen molar-refractivity contribution >= 4 is 37.8 Å². The van der Waals surface area contributed by atoms with Crippen LogP contribution in [0.1, 0.15) is 21.5 Å². The Kier molecular flexibility index (Phi) is 4.37. The summed E-state index contributed by atoms with van der Waals surface area (Å²) < 4.78 is 13.3. The van der Waals surface area contributed by atoms with Gasteiger partial charge in [-0.2, -0.15) is 0 Å². The van der Waals surface area contributed by atoms with Crippen LogP contribution in [-0.4, -0.2) is 10.8 Å². The van der Waals surface area contributed by atoms with Crippen molar-refractivity contribution in [1.82, 2.24) is 0 Å². The van der Waals surface area contributed by atoms with Crippen LogP contribution in [0.25, 0.3) is 11.1 Å². The van der Waals surface area contributed by atoms with Crippen molar-refractivity contribution in [3.8, 4) is 11.1 Å². The number of carbonyl (C=O) groups excluding carboxylic acids is 1. The van der Waals surface area contributed by atoms with Crippen LogP contribution in [0.2, 0.25) is 0 Å². The van der Waals surface area contributed by atoms with Crippen LogP contribution in [0, 0.1) is 5.82 Å². The van der Waals surface area contributed by atoms with E-state index in [-0.39, 0.29) is 10.6 Å². The molecule has 0 saturated heterocycles. The van der Waals surface area contributed by atoms with Crippen LogP contribution < -0.4 is 5.11 Å². The maximum atomic E-state index is 13.3. The number of fused-ring (bicyclic) bond motifs is 3. The average molecular weight is 427 g/mol. The summed E-state index contributed by atoms with van der Waals surface area (Å²) >= 11 is 6.53. The Hall–Kier alpha value is -1.20. The highest BCUT2D eigenvalue weighted by molar-refractivity contribution is 9.12. The first-order valence-electron chi connectivity index (χ1n) is 6.88. The maximum absolute atomic E-state index is 13.3. The fourth-order valence-electron chi connectivity index (χ4n) is 2.84. The van der Waals surface area contributed by atoms with Crippen molar-refractivity contribution in [3.05, 3.63) is 58.9 Å². The number of aliphatic carboxylic acids is 1. The lowest BCUT2D eigenvalue weighted by Crippen LogP contribution is -2.34. The minimum atomic E-state index is -1.15. The zero-order valence-corrected chi connectivity index (χ0v) is 14.7. The molecule has 2 aromatic rings. The van der Waals surface area contributed by atoms with Crippen LogP contribution in [-0.2, 0) is 17.6 Å². The second kappa shape index (κ2) is 6.13. The second-order valence-electron chi connectivity index (χ2n) is 5.34. The second-order valence-corrected chi connectivity index (χ2v) is 7.31. The Morgan fingerprint density at radius 1 is 1.05 bits per heavy atom. The van der Waals surface area contributed by atoms with Crippen LogP contribution in [0.3, 0.4) is 0 Å². The molecule has 0 amide bonds. The molecule has 0 saturated carbocycles. The first-order chi connectivity index (χ1) is 10.5. The number of rotatable bonds is 3. The van der Waals surface area contributed by atoms with E-state index in [2.05, 4.69) is 31.9 Å². The third-order valence-corrected chi connectivity index (χ3v) is 6.62. The lowest BCUT2D eigenvalue weighted by Gasteiger charge is -2.23. The summed E-state index contributed by atoms with van der Waals surface area (Å²) in [7, 11) is 0. The standard InChI is InChI=1S/C17H13Br2FO2/c18-15(16(19)17(21)22)11-3-5-13-9(7-11)1-2-10-8-12(20)4-6-14(10)13/h3-8,15-16H,1-2H2,(H,21,22)/p-1. The number of carboxylic acid groups (broad SMARTS) is 1. The van der Waals surface area contributed by atoms with Gasteiger partial charge in [0, 0.05) is 0 Å². The summed E-state index contributed by atoms with van der Waals surface area (Å²) in [5, 5.41) is 11.0. The number of halogens is 3. The number of alkyl halides is 2. The molecule has 0 heterocycles. The molecule has 0 radical (unpaired) electrons. The largest absolute Gasteiger partial charge is 0.549 e. The summed E-state index contributed by atoms with van der Waals surface area (Å²) in [6, 6.07) is 10.8. The van der Waals surface area contributed by atoms with Gasteiger partial charge in [-0.25, -0.2) is 4.39 Å². The van der Waals surface area contributed by atoms with Gasteiger partial charge in [0.15, 0.2) is 0 Å². The summed E-state index contributed by atoms with van der Waals surface area (Å²) in [4.78, 5) is 9.82. The molecule has 0 N–H and O–H groups in total. The molecule has 3 rings (SSSR count). The van der Waals surface area contributed by atoms with Gasteiger partial charge in [0.25, 0.3) is 0 Å². The molecule has 0 spiro atoms. The molecule has 0 aromatic heterocycles. The van der Waals surface area contributed by atoms with E-state index in [0.29, 0.717) is 0 Å². The van der Waals surface area contributed by atoms with Crippen molar-refractivity contribution < 1.29 is 14.3 Å². The molecule has 0 aliphatic heterocycles. The van der Waals surface area contributed by atoms with E-state index in [1.807, 2.05) is 24.3 Å². The molecule has 2 unspecified atom stereocenters. The van der Waals surface area contributed by atoms with Crippen LogP contribution in [0.5, 0.6) is 0 Å². The average Bonchev–Trinajstić information content (AvgIpc) is 2.52. The number of carboxylic acids is 1. The summed E-state index contributed by atoms with van der Waals surface area (Å²) in [6.45, 7) is 0. The van der Waals surface area contributed by atoms with Crippen molar-refractivity contribution in [2.75, 3.05) is 0 Å². The maximum Gasteiger partial charge on any atom is 0.123 e. The van der Waals surface area contributed by atoms with E-state index in [4.69, 9.17) is 0 Å². The van der Waals surface area contributed by atoms with E-state index in [1.165, 1.54) is 6.07 Å². The molecule has 0 fully saturated rings. The molecule has 114 valence electrons. The van der Waals surface area contributed by atoms with Gasteiger partial charge in [0.2, 0.25) is 0 Å². The molecule has 0 bridgehead atoms. The van der Waals surface area contributed by atoms with Gasteiger partial charge in [0.1, 0.15) is 5.82 Å². The zero-order chi connectivity index (χ0) is 15.9. The zero-order valence-electron chi connectivity index (χ0n) is 11.5. The summed E-state index contributed by atoms with van der Waals surface area (Å²) in [6.07, 6.45) is 1.60. The first kappa shape index (κ1) is 15.7. The molecule has 2 nitrogen and oxygen atoms in total. The van der Waals surface area contributed by atoms with Gasteiger partial charge in [-0.3, -0.25) is 0 Å². The van der Waals surface area contributed by atoms with E-state index >= 15 is 0 Å². The Labute approximate surface area is 144 Å². The van der Waals surface area contributed by atoms with E-state index in [9.17, 15) is 14.3 Å². The Morgan fingerprint density at radius 2 is 1.64 bits per heavy atom. The Morgan fingerprint density at radius 3 is 2.27 bits per heavy atom. The first-order valence-corrected chi connectivity index (χ1v) is 8.71. The van der Waals surface area contributed by atoms with E-state index in [1.54, 1.807) is 6.07 Å². The molecule has 22 heavy (non-hydrogen) atoms. The highest BCUT2D eigenvalue weighted by Crippen LogP contribution is 2.38. The molecule has 1 aliphatic carbocycles. The number of hydrogen-bond donors (Lipinski definition) is 0. The summed E-state index contributed by atoms with van der Waals surface area (Å²) in [5.74, 6) is -1.36. The fraction of sp³-hybridized carbons (Fsp3) is 0.235. The fourth-order valence-corrected chi connectivity index (χ4v) is 3.65. The third kappa shape index (κ3) is 2.84. The monoisotopic (exact) mass is 425 g/mol. The van der Waals surface area contributed by atoms with Gasteiger partial charge in [-0.05, 0) is 52.8 Å². The van der Waals surface area contributed by atoms with Crippen molar-refractivity contribution in [2.45, 2.75) is 22.5 Å². The predicted molar refractivity (Wildman–Crippen MR) is 88.6 cm³/mol. The molecule has 1 aliphatic rings. The molecule has 2 aromatic carbocycles. The minimum Gasteiger partial charge on any atom is -0.549 e. The molecular weight excluding hydrogens is 415 g/mol. The topological polar surface area (TPSA) is 40.1 Å². The Balaban J connectivity index is 1.99. The number of hydrogen-bond acceptors (Lipinski definition) is 2. The van der Waals surface area contributed by atoms with Crippen molar-refractivity contribution in [3.63, 3.8) is 0 Å². The SMILES string of the molecule is O=C([O-])C(Br)C(Br)c1ccc2c(c1)CCc1cc(F)ccc1-2. The molecule has 2 atom stereocenters. The minimum absolute atomic E-state index is 0.213. The van der Waals surface area contributed by atoms with Crippen molar-refractivity contribution in [2.24, 2.45) is 0 Å². The van der Waals surface area contributed by atoms with E-state index < -0.39 is 10.8 Å². The smallest absolute Gasteiger partial charge is 0.123 e. The number of aryl methyl sites for hydroxylation is 2. The van der Waals surface area contributed by atoms with E-state index in [0.717, 1.165) is 40.7 Å². The highest BCUT2D eigenvalue weighted by atomic mass is 79.9.